The number of rotatable bonds is 9. The van der Waals surface area contributed by atoms with Crippen LogP contribution in [0.4, 0.5) is 0 Å². The molecule has 0 bridgehead atoms. The minimum absolute atomic E-state index is 0.0138. The van der Waals surface area contributed by atoms with Crippen molar-refractivity contribution in [2.24, 2.45) is 5.92 Å². The number of carbonyl (C=O) groups is 1. The molecule has 0 spiro atoms. The van der Waals surface area contributed by atoms with Gasteiger partial charge < -0.3 is 14.2 Å². The molecule has 30 heavy (non-hydrogen) atoms. The Kier molecular flexibility index (Phi) is 6.43. The summed E-state index contributed by atoms with van der Waals surface area (Å²) in [6.07, 6.45) is 2.63. The Bertz CT molecular complexity index is 992. The van der Waals surface area contributed by atoms with Gasteiger partial charge in [0.1, 0.15) is 15.5 Å². The zero-order chi connectivity index (χ0) is 21.1. The normalized spacial score (nSPS) is 19.2. The number of sulfonamides is 1. The summed E-state index contributed by atoms with van der Waals surface area (Å²) in [5.74, 6) is 0.483. The van der Waals surface area contributed by atoms with E-state index in [-0.39, 0.29) is 22.4 Å². The smallest absolute Gasteiger partial charge is 0.349 e. The van der Waals surface area contributed by atoms with Crippen molar-refractivity contribution in [3.05, 3.63) is 46.2 Å². The first-order chi connectivity index (χ1) is 14.5. The van der Waals surface area contributed by atoms with Crippen molar-refractivity contribution >= 4 is 27.3 Å². The number of hydrogen-bond donors (Lipinski definition) is 0. The van der Waals surface area contributed by atoms with Gasteiger partial charge in [-0.25, -0.2) is 13.2 Å². The second-order valence-electron chi connectivity index (χ2n) is 7.58. The Balaban J connectivity index is 1.52. The molecule has 4 rings (SSSR count). The van der Waals surface area contributed by atoms with Gasteiger partial charge in [-0.1, -0.05) is 12.1 Å². The summed E-state index contributed by atoms with van der Waals surface area (Å²) in [7, 11) is -2.58. The van der Waals surface area contributed by atoms with E-state index < -0.39 is 16.0 Å². The Hall–Kier alpha value is -1.94. The van der Waals surface area contributed by atoms with Crippen molar-refractivity contribution in [3.8, 4) is 5.75 Å². The van der Waals surface area contributed by atoms with Crippen molar-refractivity contribution in [1.82, 2.24) is 4.31 Å². The van der Waals surface area contributed by atoms with E-state index in [0.29, 0.717) is 12.5 Å². The molecule has 2 aromatic rings. The first-order valence-electron chi connectivity index (χ1n) is 9.96. The molecule has 1 saturated carbocycles. The van der Waals surface area contributed by atoms with Gasteiger partial charge in [-0.15, -0.1) is 11.3 Å². The van der Waals surface area contributed by atoms with Crippen molar-refractivity contribution < 1.29 is 27.4 Å². The fourth-order valence-electron chi connectivity index (χ4n) is 3.48. The van der Waals surface area contributed by atoms with Crippen molar-refractivity contribution in [2.45, 2.75) is 36.7 Å². The molecular weight excluding hydrogens is 426 g/mol. The van der Waals surface area contributed by atoms with Crippen LogP contribution in [0.1, 0.15) is 34.5 Å². The largest absolute Gasteiger partial charge is 0.493 e. The van der Waals surface area contributed by atoms with Gasteiger partial charge in [0.25, 0.3) is 0 Å². The maximum absolute atomic E-state index is 13.4. The summed E-state index contributed by atoms with van der Waals surface area (Å²) >= 11 is 1.08. The number of ether oxygens (including phenoxy) is 3. The fraction of sp³-hybridized carbons (Fsp3) is 0.476. The van der Waals surface area contributed by atoms with E-state index in [4.69, 9.17) is 14.2 Å². The van der Waals surface area contributed by atoms with Crippen LogP contribution in [0.2, 0.25) is 0 Å². The third kappa shape index (κ3) is 4.69. The zero-order valence-electron chi connectivity index (χ0n) is 16.8. The Morgan fingerprint density at radius 3 is 2.80 bits per heavy atom. The second kappa shape index (κ2) is 9.05. The SMILES string of the molecule is COC(=O)c1sccc1S(=O)(=O)N(Cc1cccc(OC[C@H]2CCOC2)c1)C1CC1. The highest BCUT2D eigenvalue weighted by Gasteiger charge is 2.40. The molecule has 0 N–H and O–H groups in total. The van der Waals surface area contributed by atoms with Gasteiger partial charge in [0.05, 0.1) is 20.3 Å². The Morgan fingerprint density at radius 1 is 1.27 bits per heavy atom. The van der Waals surface area contributed by atoms with Crippen LogP contribution in [0.25, 0.3) is 0 Å². The summed E-state index contributed by atoms with van der Waals surface area (Å²) in [5, 5.41) is 1.60. The fourth-order valence-corrected chi connectivity index (χ4v) is 6.47. The number of carbonyl (C=O) groups excluding carboxylic acids is 1. The molecule has 1 aromatic carbocycles. The van der Waals surface area contributed by atoms with Crippen LogP contribution < -0.4 is 4.74 Å². The number of methoxy groups -OCH3 is 1. The standard InChI is InChI=1S/C21H25NO6S2/c1-26-21(23)20-19(8-10-29-20)30(24,25)22(17-5-6-17)12-15-3-2-4-18(11-15)28-14-16-7-9-27-13-16/h2-4,8,10-11,16-17H,5-7,9,12-14H2,1H3/t16-/m0/s1. The molecule has 1 aromatic heterocycles. The molecule has 1 saturated heterocycles. The second-order valence-corrected chi connectivity index (χ2v) is 10.4. The van der Waals surface area contributed by atoms with Crippen LogP contribution in [0, 0.1) is 5.92 Å². The van der Waals surface area contributed by atoms with Crippen LogP contribution in [0.5, 0.6) is 5.75 Å². The molecule has 1 aliphatic carbocycles. The maximum Gasteiger partial charge on any atom is 0.349 e. The molecule has 7 nitrogen and oxygen atoms in total. The predicted octanol–water partition coefficient (Wildman–Crippen LogP) is 3.30. The molecule has 2 aliphatic rings. The molecule has 1 aliphatic heterocycles. The lowest BCUT2D eigenvalue weighted by Crippen LogP contribution is -2.33. The van der Waals surface area contributed by atoms with Gasteiger partial charge in [-0.2, -0.15) is 4.31 Å². The van der Waals surface area contributed by atoms with E-state index >= 15 is 0 Å². The third-order valence-electron chi connectivity index (χ3n) is 5.29. The van der Waals surface area contributed by atoms with Gasteiger partial charge in [-0.05, 0) is 48.4 Å². The summed E-state index contributed by atoms with van der Waals surface area (Å²) < 4.78 is 44.3. The lowest BCUT2D eigenvalue weighted by atomic mass is 10.1. The third-order valence-corrected chi connectivity index (χ3v) is 8.25. The van der Waals surface area contributed by atoms with Crippen molar-refractivity contribution in [1.29, 1.82) is 0 Å². The summed E-state index contributed by atoms with van der Waals surface area (Å²) in [6.45, 7) is 2.31. The highest BCUT2D eigenvalue weighted by atomic mass is 32.2. The lowest BCUT2D eigenvalue weighted by Gasteiger charge is -2.22. The van der Waals surface area contributed by atoms with E-state index in [1.807, 2.05) is 24.3 Å². The average molecular weight is 452 g/mol. The number of nitrogens with zero attached hydrogens (tertiary/aromatic N) is 1. The van der Waals surface area contributed by atoms with Crippen LogP contribution in [0.3, 0.4) is 0 Å². The molecule has 162 valence electrons. The monoisotopic (exact) mass is 451 g/mol. The molecule has 0 radical (unpaired) electrons. The average Bonchev–Trinajstić information content (AvgIpc) is 3.22. The molecule has 2 heterocycles. The van der Waals surface area contributed by atoms with Gasteiger partial charge in [0.2, 0.25) is 10.0 Å². The number of esters is 1. The van der Waals surface area contributed by atoms with E-state index in [0.717, 1.165) is 55.1 Å². The zero-order valence-corrected chi connectivity index (χ0v) is 18.4. The van der Waals surface area contributed by atoms with Gasteiger partial charge in [0.15, 0.2) is 0 Å². The summed E-state index contributed by atoms with van der Waals surface area (Å²) in [4.78, 5) is 12.1. The van der Waals surface area contributed by atoms with Gasteiger partial charge >= 0.3 is 5.97 Å². The maximum atomic E-state index is 13.4. The molecule has 2 fully saturated rings. The van der Waals surface area contributed by atoms with Crippen LogP contribution >= 0.6 is 11.3 Å². The number of thiophene rings is 1. The predicted molar refractivity (Wildman–Crippen MR) is 112 cm³/mol. The summed E-state index contributed by atoms with van der Waals surface area (Å²) in [6, 6.07) is 8.95. The minimum atomic E-state index is -3.83. The van der Waals surface area contributed by atoms with Crippen LogP contribution in [0.15, 0.2) is 40.6 Å². The van der Waals surface area contributed by atoms with E-state index in [1.54, 1.807) is 5.38 Å². The molecular formula is C21H25NO6S2. The lowest BCUT2D eigenvalue weighted by molar-refractivity contribution is 0.0602. The molecule has 0 amide bonds. The highest BCUT2D eigenvalue weighted by molar-refractivity contribution is 7.89. The summed E-state index contributed by atoms with van der Waals surface area (Å²) in [5.41, 5.74) is 0.848. The first-order valence-corrected chi connectivity index (χ1v) is 12.3. The van der Waals surface area contributed by atoms with Crippen molar-refractivity contribution in [3.63, 3.8) is 0 Å². The van der Waals surface area contributed by atoms with E-state index in [1.165, 1.54) is 17.5 Å². The quantitative estimate of drug-likeness (QED) is 0.544. The van der Waals surface area contributed by atoms with E-state index in [9.17, 15) is 13.2 Å². The van der Waals surface area contributed by atoms with Crippen LogP contribution in [-0.2, 0) is 26.0 Å². The molecule has 0 unspecified atom stereocenters. The minimum Gasteiger partial charge on any atom is -0.493 e. The highest BCUT2D eigenvalue weighted by Crippen LogP contribution is 2.36. The Morgan fingerprint density at radius 2 is 2.10 bits per heavy atom. The Labute approximate surface area is 180 Å². The molecule has 1 atom stereocenters. The number of benzene rings is 1. The van der Waals surface area contributed by atoms with E-state index in [2.05, 4.69) is 0 Å². The topological polar surface area (TPSA) is 82.1 Å². The van der Waals surface area contributed by atoms with Gasteiger partial charge in [0, 0.05) is 25.1 Å². The van der Waals surface area contributed by atoms with Crippen LogP contribution in [-0.4, -0.2) is 51.7 Å². The number of hydrogen-bond acceptors (Lipinski definition) is 7. The first kappa shape index (κ1) is 21.3. The van der Waals surface area contributed by atoms with Crippen molar-refractivity contribution in [2.75, 3.05) is 26.9 Å². The van der Waals surface area contributed by atoms with Gasteiger partial charge in [-0.3, -0.25) is 0 Å². The molecule has 9 heteroatoms.